The van der Waals surface area contributed by atoms with Gasteiger partial charge >= 0.3 is 0 Å². The monoisotopic (exact) mass is 439 g/mol. The molecule has 0 bridgehead atoms. The largest absolute Gasteiger partial charge is 0.508 e. The lowest BCUT2D eigenvalue weighted by molar-refractivity contribution is -0.00804. The molecular formula is C25H29NO4S. The van der Waals surface area contributed by atoms with E-state index in [1.54, 1.807) is 25.1 Å². The van der Waals surface area contributed by atoms with Gasteiger partial charge in [-0.25, -0.2) is 8.42 Å². The van der Waals surface area contributed by atoms with E-state index in [4.69, 9.17) is 0 Å². The molecule has 0 saturated heterocycles. The first-order chi connectivity index (χ1) is 14.6. The van der Waals surface area contributed by atoms with Crippen molar-refractivity contribution in [2.45, 2.75) is 56.5 Å². The predicted molar refractivity (Wildman–Crippen MR) is 122 cm³/mol. The van der Waals surface area contributed by atoms with Gasteiger partial charge in [-0.2, -0.15) is 0 Å². The van der Waals surface area contributed by atoms with Crippen molar-refractivity contribution in [2.24, 2.45) is 5.92 Å². The number of anilines is 1. The maximum Gasteiger partial charge on any atom is 0.229 e. The summed E-state index contributed by atoms with van der Waals surface area (Å²) in [6.07, 6.45) is 5.82. The molecule has 164 valence electrons. The van der Waals surface area contributed by atoms with Crippen LogP contribution in [0.1, 0.15) is 49.3 Å². The van der Waals surface area contributed by atoms with E-state index in [2.05, 4.69) is 16.6 Å². The van der Waals surface area contributed by atoms with Crippen LogP contribution >= 0.6 is 0 Å². The average molecular weight is 440 g/mol. The van der Waals surface area contributed by atoms with Crippen LogP contribution in [0.25, 0.3) is 0 Å². The maximum absolute atomic E-state index is 11.5. The Bertz CT molecular complexity index is 1150. The van der Waals surface area contributed by atoms with E-state index in [1.165, 1.54) is 11.1 Å². The van der Waals surface area contributed by atoms with E-state index in [1.807, 2.05) is 24.3 Å². The zero-order chi connectivity index (χ0) is 22.3. The lowest BCUT2D eigenvalue weighted by atomic mass is 9.52. The maximum atomic E-state index is 11.5. The van der Waals surface area contributed by atoms with Crippen molar-refractivity contribution in [3.8, 4) is 17.6 Å². The first-order valence-corrected chi connectivity index (χ1v) is 12.6. The van der Waals surface area contributed by atoms with E-state index in [-0.39, 0.29) is 17.1 Å². The van der Waals surface area contributed by atoms with Gasteiger partial charge in [-0.05, 0) is 92.3 Å². The van der Waals surface area contributed by atoms with E-state index < -0.39 is 15.6 Å². The number of fused-ring (bicyclic) bond motifs is 3. The number of aromatic hydroxyl groups is 1. The minimum Gasteiger partial charge on any atom is -0.508 e. The van der Waals surface area contributed by atoms with Gasteiger partial charge in [0, 0.05) is 11.1 Å². The third-order valence-electron chi connectivity index (χ3n) is 6.87. The van der Waals surface area contributed by atoms with Crippen molar-refractivity contribution in [1.82, 2.24) is 0 Å². The molecule has 5 nitrogen and oxygen atoms in total. The summed E-state index contributed by atoms with van der Waals surface area (Å²) in [6, 6.07) is 13.2. The summed E-state index contributed by atoms with van der Waals surface area (Å²) in [5.74, 6) is 6.50. The number of hydrogen-bond donors (Lipinski definition) is 3. The second kappa shape index (κ2) is 7.89. The number of phenolic OH excluding ortho intramolecular Hbond substituents is 1. The smallest absolute Gasteiger partial charge is 0.229 e. The third kappa shape index (κ3) is 4.44. The van der Waals surface area contributed by atoms with Crippen LogP contribution < -0.4 is 4.72 Å². The molecule has 31 heavy (non-hydrogen) atoms. The zero-order valence-electron chi connectivity index (χ0n) is 18.0. The molecule has 0 spiro atoms. The predicted octanol–water partition coefficient (Wildman–Crippen LogP) is 3.74. The first kappa shape index (κ1) is 21.7. The SMILES string of the molecule is CC#C[C@@]1(O)CC[C@]2(Cc3ccc(NS(C)(=O)=O)cc3)c3ccc(O)cc3CC[C@H]2C1. The number of nitrogens with one attached hydrogen (secondary N) is 1. The molecule has 2 aliphatic rings. The number of rotatable bonds is 4. The molecule has 1 saturated carbocycles. The number of benzene rings is 2. The second-order valence-corrected chi connectivity index (χ2v) is 10.8. The summed E-state index contributed by atoms with van der Waals surface area (Å²) in [7, 11) is -3.31. The topological polar surface area (TPSA) is 86.6 Å². The molecule has 0 unspecified atom stereocenters. The van der Waals surface area contributed by atoms with Crippen LogP contribution in [0.5, 0.6) is 5.75 Å². The van der Waals surface area contributed by atoms with Gasteiger partial charge in [0.1, 0.15) is 11.4 Å². The van der Waals surface area contributed by atoms with Crippen molar-refractivity contribution in [3.05, 3.63) is 59.2 Å². The van der Waals surface area contributed by atoms with Crippen molar-refractivity contribution in [3.63, 3.8) is 0 Å². The van der Waals surface area contributed by atoms with E-state index in [0.717, 1.165) is 37.5 Å². The van der Waals surface area contributed by atoms with Crippen LogP contribution in [-0.4, -0.2) is 30.5 Å². The lowest BCUT2D eigenvalue weighted by Gasteiger charge is -2.52. The molecule has 0 aromatic heterocycles. The van der Waals surface area contributed by atoms with Gasteiger partial charge in [0.15, 0.2) is 0 Å². The Hall–Kier alpha value is -2.49. The highest BCUT2D eigenvalue weighted by atomic mass is 32.2. The Morgan fingerprint density at radius 3 is 2.58 bits per heavy atom. The van der Waals surface area contributed by atoms with Crippen molar-refractivity contribution >= 4 is 15.7 Å². The number of sulfonamides is 1. The Kier molecular flexibility index (Phi) is 5.53. The van der Waals surface area contributed by atoms with Crippen molar-refractivity contribution < 1.29 is 18.6 Å². The number of aryl methyl sites for hydroxylation is 1. The average Bonchev–Trinajstić information content (AvgIpc) is 2.69. The van der Waals surface area contributed by atoms with E-state index >= 15 is 0 Å². The second-order valence-electron chi connectivity index (χ2n) is 9.09. The molecule has 2 aromatic carbocycles. The fourth-order valence-electron chi connectivity index (χ4n) is 5.62. The van der Waals surface area contributed by atoms with Gasteiger partial charge in [-0.15, -0.1) is 5.92 Å². The molecule has 0 radical (unpaired) electrons. The fourth-order valence-corrected chi connectivity index (χ4v) is 6.18. The highest BCUT2D eigenvalue weighted by molar-refractivity contribution is 7.92. The highest BCUT2D eigenvalue weighted by Crippen LogP contribution is 2.54. The third-order valence-corrected chi connectivity index (χ3v) is 7.48. The summed E-state index contributed by atoms with van der Waals surface area (Å²) in [5.41, 5.74) is 3.02. The van der Waals surface area contributed by atoms with Crippen LogP contribution in [0.3, 0.4) is 0 Å². The quantitative estimate of drug-likeness (QED) is 0.634. The summed E-state index contributed by atoms with van der Waals surface area (Å²) < 4.78 is 25.5. The standard InChI is InChI=1S/C25H29NO4S/c1-3-12-24(28)13-14-25(16-18-4-8-21(9-5-18)26-31(2,29)30)20(17-24)7-6-19-15-22(27)10-11-23(19)25/h4-5,8-11,15,20,26-28H,6-7,13-14,16-17H2,1-2H3/t20-,24+,25+/m0/s1. The van der Waals surface area contributed by atoms with Crippen LogP contribution in [0, 0.1) is 17.8 Å². The molecule has 3 atom stereocenters. The molecule has 1 fully saturated rings. The van der Waals surface area contributed by atoms with Crippen LogP contribution in [0.15, 0.2) is 42.5 Å². The summed E-state index contributed by atoms with van der Waals surface area (Å²) in [5, 5.41) is 21.1. The number of aliphatic hydroxyl groups is 1. The molecule has 6 heteroatoms. The molecule has 0 amide bonds. The van der Waals surface area contributed by atoms with E-state index in [9.17, 15) is 18.6 Å². The minimum atomic E-state index is -3.31. The molecular weight excluding hydrogens is 410 g/mol. The molecule has 0 aliphatic heterocycles. The Labute approximate surface area is 184 Å². The normalized spacial score (nSPS) is 27.4. The van der Waals surface area contributed by atoms with Gasteiger partial charge in [-0.1, -0.05) is 24.1 Å². The van der Waals surface area contributed by atoms with Gasteiger partial charge in [0.05, 0.1) is 6.26 Å². The molecule has 0 heterocycles. The lowest BCUT2D eigenvalue weighted by Crippen LogP contribution is -2.50. The zero-order valence-corrected chi connectivity index (χ0v) is 18.8. The van der Waals surface area contributed by atoms with Crippen LogP contribution in [0.4, 0.5) is 5.69 Å². The summed E-state index contributed by atoms with van der Waals surface area (Å²) in [6.45, 7) is 1.77. The first-order valence-electron chi connectivity index (χ1n) is 10.7. The molecule has 2 aliphatic carbocycles. The highest BCUT2D eigenvalue weighted by Gasteiger charge is 2.51. The molecule has 4 rings (SSSR count). The molecule has 2 aromatic rings. The Morgan fingerprint density at radius 2 is 1.90 bits per heavy atom. The van der Waals surface area contributed by atoms with Crippen molar-refractivity contribution in [1.29, 1.82) is 0 Å². The van der Waals surface area contributed by atoms with E-state index in [0.29, 0.717) is 18.5 Å². The van der Waals surface area contributed by atoms with Gasteiger partial charge in [0.25, 0.3) is 0 Å². The molecule has 3 N–H and O–H groups in total. The Balaban J connectivity index is 1.71. The fraction of sp³-hybridized carbons (Fsp3) is 0.440. The minimum absolute atomic E-state index is 0.144. The van der Waals surface area contributed by atoms with Crippen molar-refractivity contribution in [2.75, 3.05) is 11.0 Å². The van der Waals surface area contributed by atoms with Gasteiger partial charge in [-0.3, -0.25) is 4.72 Å². The van der Waals surface area contributed by atoms with Gasteiger partial charge < -0.3 is 10.2 Å². The van der Waals surface area contributed by atoms with Crippen LogP contribution in [-0.2, 0) is 28.3 Å². The van der Waals surface area contributed by atoms with Crippen LogP contribution in [0.2, 0.25) is 0 Å². The number of hydrogen-bond acceptors (Lipinski definition) is 4. The van der Waals surface area contributed by atoms with Gasteiger partial charge in [0.2, 0.25) is 10.0 Å². The summed E-state index contributed by atoms with van der Waals surface area (Å²) in [4.78, 5) is 0. The summed E-state index contributed by atoms with van der Waals surface area (Å²) >= 11 is 0. The Morgan fingerprint density at radius 1 is 1.16 bits per heavy atom. The number of phenols is 1.